The fraction of sp³-hybridized carbons (Fsp3) is 0.857. The molecule has 0 unspecified atom stereocenters. The first-order valence-corrected chi connectivity index (χ1v) is 3.66. The number of azo groups is 2. The van der Waals surface area contributed by atoms with E-state index in [0.29, 0.717) is 6.42 Å². The van der Waals surface area contributed by atoms with Crippen molar-refractivity contribution in [1.82, 2.24) is 0 Å². The van der Waals surface area contributed by atoms with Gasteiger partial charge in [-0.15, -0.1) is 4.70 Å². The largest absolute Gasteiger partial charge is 1.00 e. The summed E-state index contributed by atoms with van der Waals surface area (Å²) >= 11 is 0. The molecule has 0 aromatic rings. The fourth-order valence-electron chi connectivity index (χ4n) is 0.635. The van der Waals surface area contributed by atoms with Crippen molar-refractivity contribution in [3.8, 4) is 0 Å². The van der Waals surface area contributed by atoms with Gasteiger partial charge >= 0.3 is 5.91 Å². The van der Waals surface area contributed by atoms with Crippen LogP contribution in [-0.2, 0) is 4.79 Å². The molecule has 0 saturated carbocycles. The van der Waals surface area contributed by atoms with Crippen LogP contribution in [0.3, 0.4) is 0 Å². The highest BCUT2D eigenvalue weighted by atomic mass is 35.5. The van der Waals surface area contributed by atoms with Crippen LogP contribution in [0.4, 0.5) is 0 Å². The summed E-state index contributed by atoms with van der Waals surface area (Å²) in [6.07, 6.45) is 1.52. The third-order valence-corrected chi connectivity index (χ3v) is 1.13. The van der Waals surface area contributed by atoms with E-state index in [1.54, 1.807) is 4.70 Å². The molecule has 0 spiro atoms. The molecule has 1 amide bonds. The molecule has 0 N–H and O–H groups in total. The van der Waals surface area contributed by atoms with E-state index >= 15 is 0 Å². The van der Waals surface area contributed by atoms with Crippen molar-refractivity contribution >= 4 is 5.91 Å². The predicted molar refractivity (Wildman–Crippen MR) is 39.1 cm³/mol. The van der Waals surface area contributed by atoms with Crippen molar-refractivity contribution in [3.05, 3.63) is 0 Å². The SMILES string of the molecule is CCC[N+](C)=NC(=O)CC.[Cl-]. The predicted octanol–water partition coefficient (Wildman–Crippen LogP) is -1.57. The Morgan fingerprint density at radius 1 is 1.45 bits per heavy atom. The number of hydrogen-bond acceptors (Lipinski definition) is 1. The van der Waals surface area contributed by atoms with Crippen LogP contribution in [0.2, 0.25) is 0 Å². The normalized spacial score (nSPS) is 10.6. The van der Waals surface area contributed by atoms with Crippen LogP contribution in [0.15, 0.2) is 5.11 Å². The summed E-state index contributed by atoms with van der Waals surface area (Å²) < 4.78 is 1.69. The number of carbonyl (C=O) groups excluding carboxylic acids is 1. The van der Waals surface area contributed by atoms with E-state index < -0.39 is 0 Å². The maximum Gasteiger partial charge on any atom is 0.307 e. The van der Waals surface area contributed by atoms with E-state index in [9.17, 15) is 4.79 Å². The van der Waals surface area contributed by atoms with E-state index in [2.05, 4.69) is 12.0 Å². The molecule has 11 heavy (non-hydrogen) atoms. The molecule has 0 aromatic carbocycles. The van der Waals surface area contributed by atoms with Crippen LogP contribution in [0.1, 0.15) is 26.7 Å². The minimum Gasteiger partial charge on any atom is -1.00 e. The zero-order valence-corrected chi connectivity index (χ0v) is 8.06. The lowest BCUT2D eigenvalue weighted by Gasteiger charge is -1.87. The molecule has 0 rings (SSSR count). The van der Waals surface area contributed by atoms with Crippen LogP contribution in [0.5, 0.6) is 0 Å². The van der Waals surface area contributed by atoms with Gasteiger partial charge < -0.3 is 12.4 Å². The van der Waals surface area contributed by atoms with E-state index in [0.717, 1.165) is 13.0 Å². The molecule has 0 atom stereocenters. The summed E-state index contributed by atoms with van der Waals surface area (Å²) in [5, 5.41) is 3.78. The average Bonchev–Trinajstić information content (AvgIpc) is 1.88. The van der Waals surface area contributed by atoms with E-state index in [-0.39, 0.29) is 18.3 Å². The summed E-state index contributed by atoms with van der Waals surface area (Å²) in [4.78, 5) is 10.7. The Morgan fingerprint density at radius 2 is 2.00 bits per heavy atom. The molecule has 0 aromatic heterocycles. The summed E-state index contributed by atoms with van der Waals surface area (Å²) in [7, 11) is 1.82. The highest BCUT2D eigenvalue weighted by Gasteiger charge is 2.00. The van der Waals surface area contributed by atoms with E-state index in [4.69, 9.17) is 0 Å². The highest BCUT2D eigenvalue weighted by Crippen LogP contribution is 1.85. The van der Waals surface area contributed by atoms with Gasteiger partial charge in [-0.1, -0.05) is 13.8 Å². The minimum absolute atomic E-state index is 0. The first-order valence-electron chi connectivity index (χ1n) is 3.66. The van der Waals surface area contributed by atoms with Crippen LogP contribution < -0.4 is 12.4 Å². The molecule has 0 aliphatic heterocycles. The van der Waals surface area contributed by atoms with Gasteiger partial charge in [0.15, 0.2) is 13.6 Å². The smallest absolute Gasteiger partial charge is 0.307 e. The maximum atomic E-state index is 10.7. The minimum atomic E-state index is -0.0454. The molecule has 4 heteroatoms. The Kier molecular flexibility index (Phi) is 9.18. The molecule has 0 radical (unpaired) electrons. The second kappa shape index (κ2) is 7.66. The van der Waals surface area contributed by atoms with Crippen molar-refractivity contribution in [2.75, 3.05) is 13.6 Å². The molecule has 3 nitrogen and oxygen atoms in total. The topological polar surface area (TPSA) is 32.4 Å². The van der Waals surface area contributed by atoms with Crippen molar-refractivity contribution < 1.29 is 21.9 Å². The van der Waals surface area contributed by atoms with Crippen molar-refractivity contribution in [1.29, 1.82) is 0 Å². The van der Waals surface area contributed by atoms with Crippen LogP contribution in [0, 0.1) is 0 Å². The first-order chi connectivity index (χ1) is 4.70. The molecule has 0 aliphatic carbocycles. The average molecular weight is 179 g/mol. The van der Waals surface area contributed by atoms with Gasteiger partial charge in [0, 0.05) is 18.0 Å². The van der Waals surface area contributed by atoms with Gasteiger partial charge in [0.1, 0.15) is 0 Å². The fourth-order valence-corrected chi connectivity index (χ4v) is 0.635. The van der Waals surface area contributed by atoms with E-state index in [1.165, 1.54) is 0 Å². The van der Waals surface area contributed by atoms with Crippen LogP contribution in [0.25, 0.3) is 0 Å². The Morgan fingerprint density at radius 3 is 2.36 bits per heavy atom. The Labute approximate surface area is 73.9 Å². The third-order valence-electron chi connectivity index (χ3n) is 1.13. The first kappa shape index (κ1) is 13.2. The lowest BCUT2D eigenvalue weighted by molar-refractivity contribution is -0.561. The van der Waals surface area contributed by atoms with Gasteiger partial charge in [-0.3, -0.25) is 4.79 Å². The molecule has 66 valence electrons. The quantitative estimate of drug-likeness (QED) is 0.380. The van der Waals surface area contributed by atoms with Gasteiger partial charge in [-0.05, 0) is 0 Å². The summed E-state index contributed by atoms with van der Waals surface area (Å²) in [5.41, 5.74) is 0. The third kappa shape index (κ3) is 7.46. The molecule has 0 heterocycles. The Bertz CT molecular complexity index is 145. The van der Waals surface area contributed by atoms with Gasteiger partial charge in [0.05, 0.1) is 0 Å². The van der Waals surface area contributed by atoms with Crippen molar-refractivity contribution in [2.45, 2.75) is 26.7 Å². The molecular weight excluding hydrogens is 164 g/mol. The molecular formula is C7H15ClN2O. The zero-order valence-electron chi connectivity index (χ0n) is 7.30. The molecule has 0 fully saturated rings. The van der Waals surface area contributed by atoms with Gasteiger partial charge in [0.25, 0.3) is 0 Å². The Balaban J connectivity index is 0. The molecule has 0 saturated heterocycles. The second-order valence-electron chi connectivity index (χ2n) is 2.23. The van der Waals surface area contributed by atoms with Gasteiger partial charge in [0.2, 0.25) is 0 Å². The maximum absolute atomic E-state index is 10.7. The summed E-state index contributed by atoms with van der Waals surface area (Å²) in [6, 6.07) is 0. The number of hydrogen-bond donors (Lipinski definition) is 0. The molecule has 0 bridgehead atoms. The molecule has 0 aliphatic rings. The number of rotatable bonds is 3. The zero-order chi connectivity index (χ0) is 7.98. The number of carbonyl (C=O) groups is 1. The number of nitrogens with zero attached hydrogens (tertiary/aromatic N) is 2. The monoisotopic (exact) mass is 178 g/mol. The Hall–Kier alpha value is -0.440. The lowest BCUT2D eigenvalue weighted by Crippen LogP contribution is -3.00. The summed E-state index contributed by atoms with van der Waals surface area (Å²) in [6.45, 7) is 4.72. The van der Waals surface area contributed by atoms with Crippen LogP contribution in [-0.4, -0.2) is 24.2 Å². The number of halogens is 1. The van der Waals surface area contributed by atoms with Crippen LogP contribution >= 0.6 is 0 Å². The number of amides is 1. The van der Waals surface area contributed by atoms with Crippen molar-refractivity contribution in [2.24, 2.45) is 5.11 Å². The van der Waals surface area contributed by atoms with Gasteiger partial charge in [-0.2, -0.15) is 0 Å². The van der Waals surface area contributed by atoms with Crippen molar-refractivity contribution in [3.63, 3.8) is 0 Å². The standard InChI is InChI=1S/C7H15N2O.ClH/c1-4-6-9(3)8-7(10)5-2;/h4-6H2,1-3H3;1H/q+1;/p-1. The lowest BCUT2D eigenvalue weighted by atomic mass is 10.5. The second-order valence-corrected chi connectivity index (χ2v) is 2.23. The van der Waals surface area contributed by atoms with E-state index in [1.807, 2.05) is 14.0 Å². The summed E-state index contributed by atoms with van der Waals surface area (Å²) in [5.74, 6) is -0.0454. The highest BCUT2D eigenvalue weighted by molar-refractivity contribution is 5.75. The van der Waals surface area contributed by atoms with Gasteiger partial charge in [-0.25, -0.2) is 0 Å².